The molecule has 0 spiro atoms. The topological polar surface area (TPSA) is 75.7 Å². The third-order valence-corrected chi connectivity index (χ3v) is 8.11. The molecule has 0 atom stereocenters. The molecule has 1 heterocycles. The molecule has 1 amide bonds. The Morgan fingerprint density at radius 2 is 1.54 bits per heavy atom. The number of hydrogen-bond donors (Lipinski definition) is 1. The van der Waals surface area contributed by atoms with Crippen LogP contribution in [0.5, 0.6) is 11.5 Å². The fourth-order valence-electron chi connectivity index (χ4n) is 4.33. The number of ether oxygens (including phenoxy) is 1. The molecule has 1 N–H and O–H groups in total. The zero-order valence-corrected chi connectivity index (χ0v) is 21.5. The molecule has 0 saturated carbocycles. The fourth-order valence-corrected chi connectivity index (χ4v) is 6.25. The maximum atomic E-state index is 13.9. The summed E-state index contributed by atoms with van der Waals surface area (Å²) in [6.07, 6.45) is 0. The second kappa shape index (κ2) is 10.1. The van der Waals surface area contributed by atoms with Gasteiger partial charge in [-0.1, -0.05) is 72.3 Å². The molecule has 0 aliphatic carbocycles. The fraction of sp³-hybridized carbons (Fsp3) is 0.0690. The van der Waals surface area contributed by atoms with Gasteiger partial charge in [-0.15, -0.1) is 0 Å². The molecule has 5 rings (SSSR count). The monoisotopic (exact) mass is 530 g/mol. The lowest BCUT2D eigenvalue weighted by Crippen LogP contribution is -2.39. The van der Waals surface area contributed by atoms with E-state index in [1.807, 2.05) is 24.3 Å². The summed E-state index contributed by atoms with van der Waals surface area (Å²) < 4.78 is 35.0. The van der Waals surface area contributed by atoms with Crippen LogP contribution in [-0.2, 0) is 14.8 Å². The minimum absolute atomic E-state index is 0.142. The maximum absolute atomic E-state index is 13.9. The van der Waals surface area contributed by atoms with Crippen molar-refractivity contribution in [2.45, 2.75) is 6.92 Å². The van der Waals surface area contributed by atoms with Crippen LogP contribution < -0.4 is 14.4 Å². The van der Waals surface area contributed by atoms with E-state index >= 15 is 0 Å². The van der Waals surface area contributed by atoms with Crippen LogP contribution in [0.25, 0.3) is 5.57 Å². The van der Waals surface area contributed by atoms with Crippen molar-refractivity contribution in [3.05, 3.63) is 124 Å². The Labute approximate surface area is 220 Å². The van der Waals surface area contributed by atoms with Gasteiger partial charge < -0.3 is 10.1 Å². The Hall–Kier alpha value is -4.07. The molecule has 6 nitrogen and oxygen atoms in total. The number of fused-ring (bicyclic) bond motifs is 1. The predicted octanol–water partition coefficient (Wildman–Crippen LogP) is 6.70. The number of sulfonamides is 1. The van der Waals surface area contributed by atoms with E-state index in [2.05, 4.69) is 5.32 Å². The number of amides is 1. The predicted molar refractivity (Wildman–Crippen MR) is 147 cm³/mol. The molecular weight excluding hydrogens is 508 g/mol. The maximum Gasteiger partial charge on any atom is 0.270 e. The van der Waals surface area contributed by atoms with Gasteiger partial charge in [0.25, 0.3) is 15.9 Å². The molecule has 37 heavy (non-hydrogen) atoms. The van der Waals surface area contributed by atoms with Crippen molar-refractivity contribution in [3.8, 4) is 11.5 Å². The molecule has 8 heteroatoms. The Bertz CT molecular complexity index is 1600. The minimum Gasteiger partial charge on any atom is -0.455 e. The van der Waals surface area contributed by atoms with Crippen molar-refractivity contribution in [2.24, 2.45) is 0 Å². The van der Waals surface area contributed by atoms with E-state index in [-0.39, 0.29) is 11.4 Å². The van der Waals surface area contributed by atoms with Gasteiger partial charge in [-0.2, -0.15) is 0 Å². The van der Waals surface area contributed by atoms with E-state index in [1.54, 1.807) is 85.8 Å². The molecule has 0 radical (unpaired) electrons. The lowest BCUT2D eigenvalue weighted by atomic mass is 9.95. The average molecular weight is 531 g/mol. The number of rotatable bonds is 6. The van der Waals surface area contributed by atoms with Gasteiger partial charge in [0.15, 0.2) is 10.7 Å². The Balaban J connectivity index is 1.67. The summed E-state index contributed by atoms with van der Waals surface area (Å²) in [5.74, 6) is 0.194. The van der Waals surface area contributed by atoms with Crippen molar-refractivity contribution < 1.29 is 17.9 Å². The van der Waals surface area contributed by atoms with Crippen LogP contribution in [0.1, 0.15) is 18.1 Å². The van der Waals surface area contributed by atoms with E-state index in [0.717, 1.165) is 0 Å². The molecule has 186 valence electrons. The quantitative estimate of drug-likeness (QED) is 0.301. The van der Waals surface area contributed by atoms with Crippen molar-refractivity contribution >= 4 is 44.5 Å². The Kier molecular flexibility index (Phi) is 6.74. The van der Waals surface area contributed by atoms with Gasteiger partial charge >= 0.3 is 0 Å². The van der Waals surface area contributed by atoms with E-state index in [4.69, 9.17) is 16.3 Å². The number of carbonyl (C=O) groups is 1. The second-order valence-corrected chi connectivity index (χ2v) is 10.5. The van der Waals surface area contributed by atoms with E-state index < -0.39 is 15.9 Å². The lowest BCUT2D eigenvalue weighted by molar-refractivity contribution is -0.112. The SMILES string of the molecule is CCN1c2ccc(Cl)cc2C(c2ccccc2)=C(C(=O)Nc2ccccc2Oc2ccccc2)S1(=O)=O. The van der Waals surface area contributed by atoms with Crippen molar-refractivity contribution in [3.63, 3.8) is 0 Å². The van der Waals surface area contributed by atoms with Crippen LogP contribution in [0.2, 0.25) is 5.02 Å². The van der Waals surface area contributed by atoms with Crippen LogP contribution in [0, 0.1) is 0 Å². The van der Waals surface area contributed by atoms with Crippen LogP contribution in [-0.4, -0.2) is 20.9 Å². The number of halogens is 1. The normalized spacial score (nSPS) is 14.2. The number of hydrogen-bond acceptors (Lipinski definition) is 4. The number of carbonyl (C=O) groups excluding carboxylic acids is 1. The minimum atomic E-state index is -4.21. The molecule has 0 aromatic heterocycles. The number of para-hydroxylation sites is 3. The number of nitrogens with one attached hydrogen (secondary N) is 1. The molecule has 0 fully saturated rings. The van der Waals surface area contributed by atoms with Gasteiger partial charge in [0, 0.05) is 22.7 Å². The van der Waals surface area contributed by atoms with Gasteiger partial charge in [-0.05, 0) is 55.0 Å². The summed E-state index contributed by atoms with van der Waals surface area (Å²) in [4.78, 5) is 13.5. The summed E-state index contributed by atoms with van der Waals surface area (Å²) in [6, 6.07) is 30.0. The van der Waals surface area contributed by atoms with Gasteiger partial charge in [0.05, 0.1) is 11.4 Å². The third-order valence-electron chi connectivity index (χ3n) is 5.93. The smallest absolute Gasteiger partial charge is 0.270 e. The molecule has 1 aliphatic rings. The first kappa shape index (κ1) is 24.6. The van der Waals surface area contributed by atoms with Gasteiger partial charge in [0.1, 0.15) is 5.75 Å². The van der Waals surface area contributed by atoms with Crippen LogP contribution >= 0.6 is 11.6 Å². The second-order valence-electron chi connectivity index (χ2n) is 8.27. The number of benzene rings is 4. The summed E-state index contributed by atoms with van der Waals surface area (Å²) in [5, 5.41) is 3.22. The molecule has 0 bridgehead atoms. The molecule has 0 unspecified atom stereocenters. The van der Waals surface area contributed by atoms with E-state index in [9.17, 15) is 13.2 Å². The molecule has 0 saturated heterocycles. The highest BCUT2D eigenvalue weighted by atomic mass is 35.5. The molecule has 4 aromatic carbocycles. The summed E-state index contributed by atoms with van der Waals surface area (Å²) in [6.45, 7) is 1.87. The standard InChI is InChI=1S/C29H23ClN2O4S/c1-2-32-25-18-17-21(30)19-23(25)27(20-11-5-3-6-12-20)28(37(32,34)35)29(33)31-24-15-9-10-16-26(24)36-22-13-7-4-8-14-22/h3-19H,2H2,1H3,(H,31,33). The summed E-state index contributed by atoms with van der Waals surface area (Å²) >= 11 is 6.34. The van der Waals surface area contributed by atoms with Gasteiger partial charge in [-0.3, -0.25) is 9.10 Å². The van der Waals surface area contributed by atoms with Crippen molar-refractivity contribution in [1.29, 1.82) is 0 Å². The highest BCUT2D eigenvalue weighted by Gasteiger charge is 2.41. The highest BCUT2D eigenvalue weighted by molar-refractivity contribution is 7.97. The summed E-state index contributed by atoms with van der Waals surface area (Å²) in [7, 11) is -4.21. The number of anilines is 2. The van der Waals surface area contributed by atoms with Crippen LogP contribution in [0.4, 0.5) is 11.4 Å². The largest absolute Gasteiger partial charge is 0.455 e. The highest BCUT2D eigenvalue weighted by Crippen LogP contribution is 2.44. The zero-order chi connectivity index (χ0) is 26.0. The van der Waals surface area contributed by atoms with E-state index in [0.29, 0.717) is 44.6 Å². The van der Waals surface area contributed by atoms with Crippen LogP contribution in [0.15, 0.2) is 108 Å². The average Bonchev–Trinajstić information content (AvgIpc) is 2.90. The molecule has 1 aliphatic heterocycles. The Morgan fingerprint density at radius 1 is 0.892 bits per heavy atom. The first-order valence-corrected chi connectivity index (χ1v) is 13.5. The first-order valence-electron chi connectivity index (χ1n) is 11.7. The molecule has 4 aromatic rings. The summed E-state index contributed by atoms with van der Waals surface area (Å²) in [5.41, 5.74) is 2.25. The first-order chi connectivity index (χ1) is 17.9. The van der Waals surface area contributed by atoms with E-state index in [1.165, 1.54) is 4.31 Å². The van der Waals surface area contributed by atoms with Crippen molar-refractivity contribution in [1.82, 2.24) is 0 Å². The third kappa shape index (κ3) is 4.71. The molecular formula is C29H23ClN2O4S. The van der Waals surface area contributed by atoms with Gasteiger partial charge in [0.2, 0.25) is 0 Å². The lowest BCUT2D eigenvalue weighted by Gasteiger charge is -2.33. The van der Waals surface area contributed by atoms with Crippen LogP contribution in [0.3, 0.4) is 0 Å². The van der Waals surface area contributed by atoms with Gasteiger partial charge in [-0.25, -0.2) is 8.42 Å². The zero-order valence-electron chi connectivity index (χ0n) is 19.9. The Morgan fingerprint density at radius 3 is 2.24 bits per heavy atom. The number of nitrogens with zero attached hydrogens (tertiary/aromatic N) is 1. The van der Waals surface area contributed by atoms with Crippen molar-refractivity contribution in [2.75, 3.05) is 16.2 Å².